The normalized spacial score (nSPS) is 11.1. The van der Waals surface area contributed by atoms with E-state index < -0.39 is 6.04 Å². The van der Waals surface area contributed by atoms with Gasteiger partial charge in [-0.1, -0.05) is 36.4 Å². The number of nitrogens with zero attached hydrogens (tertiary/aromatic N) is 3. The molecule has 0 saturated carbocycles. The van der Waals surface area contributed by atoms with E-state index in [0.29, 0.717) is 23.9 Å². The van der Waals surface area contributed by atoms with E-state index in [1.807, 2.05) is 66.7 Å². The summed E-state index contributed by atoms with van der Waals surface area (Å²) in [5.41, 5.74) is 8.76. The molecule has 202 valence electrons. The topological polar surface area (TPSA) is 122 Å². The lowest BCUT2D eigenvalue weighted by atomic mass is 10.1. The van der Waals surface area contributed by atoms with E-state index in [2.05, 4.69) is 32.7 Å². The van der Waals surface area contributed by atoms with Gasteiger partial charge >= 0.3 is 0 Å². The van der Waals surface area contributed by atoms with E-state index in [1.165, 1.54) is 5.56 Å². The second-order valence-corrected chi connectivity index (χ2v) is 7.99. The predicted octanol–water partition coefficient (Wildman–Crippen LogP) is 5.02. The molecule has 0 radical (unpaired) electrons. The van der Waals surface area contributed by atoms with Crippen LogP contribution < -0.4 is 21.1 Å². The molecule has 0 fully saturated rings. The highest BCUT2D eigenvalue weighted by Crippen LogP contribution is 2.26. The zero-order chi connectivity index (χ0) is 24.5. The van der Waals surface area contributed by atoms with E-state index in [1.54, 1.807) is 13.3 Å². The van der Waals surface area contributed by atoms with E-state index in [4.69, 9.17) is 20.9 Å². The first-order valence-electron chi connectivity index (χ1n) is 11.4. The second-order valence-electron chi connectivity index (χ2n) is 7.99. The number of methoxy groups -OCH3 is 1. The van der Waals surface area contributed by atoms with Gasteiger partial charge in [-0.25, -0.2) is 9.97 Å². The first-order valence-corrected chi connectivity index (χ1v) is 11.4. The van der Waals surface area contributed by atoms with E-state index in [0.717, 1.165) is 29.6 Å². The Labute approximate surface area is 241 Å². The lowest BCUT2D eigenvalue weighted by molar-refractivity contribution is 0.415. The van der Waals surface area contributed by atoms with Gasteiger partial charge in [0.25, 0.3) is 0 Å². The van der Waals surface area contributed by atoms with Gasteiger partial charge in [-0.05, 0) is 61.0 Å². The molecule has 0 aliphatic carbocycles. The molecule has 2 heterocycles. The van der Waals surface area contributed by atoms with Crippen LogP contribution in [0.5, 0.6) is 5.75 Å². The second kappa shape index (κ2) is 16.4. The average molecular weight is 577 g/mol. The molecule has 0 aliphatic rings. The molecular formula is C27H32Cl3N7O. The number of halogens is 3. The van der Waals surface area contributed by atoms with Gasteiger partial charge in [0.1, 0.15) is 17.4 Å². The van der Waals surface area contributed by atoms with Crippen LogP contribution in [-0.4, -0.2) is 47.0 Å². The highest BCUT2D eigenvalue weighted by molar-refractivity contribution is 5.94. The summed E-state index contributed by atoms with van der Waals surface area (Å²) in [6.07, 6.45) is 6.31. The fourth-order valence-electron chi connectivity index (χ4n) is 3.60. The monoisotopic (exact) mass is 575 g/mol. The number of nitrogens with two attached hydrogens (primary N) is 1. The van der Waals surface area contributed by atoms with Crippen molar-refractivity contribution in [3.05, 3.63) is 90.0 Å². The molecule has 11 heteroatoms. The van der Waals surface area contributed by atoms with Gasteiger partial charge in [-0.3, -0.25) is 10.4 Å². The summed E-state index contributed by atoms with van der Waals surface area (Å²) in [5.74, 6) is 1.83. The number of fused-ring (bicyclic) bond motifs is 1. The van der Waals surface area contributed by atoms with Crippen LogP contribution in [0.25, 0.3) is 23.1 Å². The Bertz CT molecular complexity index is 1310. The van der Waals surface area contributed by atoms with Crippen molar-refractivity contribution in [1.82, 2.24) is 20.3 Å². The SMILES string of the molecule is COc1ccc2nc(C=Cc3ccccn3)nc(NC(CNCCc3ccccc3)C(=N)N)c2c1.Cl.Cl.Cl. The van der Waals surface area contributed by atoms with Crippen LogP contribution in [0.3, 0.4) is 0 Å². The maximum atomic E-state index is 8.12. The summed E-state index contributed by atoms with van der Waals surface area (Å²) in [4.78, 5) is 13.7. The minimum Gasteiger partial charge on any atom is -0.497 e. The number of ether oxygens (including phenoxy) is 1. The van der Waals surface area contributed by atoms with Crippen LogP contribution in [0, 0.1) is 5.41 Å². The van der Waals surface area contributed by atoms with Gasteiger partial charge in [-0.2, -0.15) is 0 Å². The van der Waals surface area contributed by atoms with Crippen molar-refractivity contribution >= 4 is 71.9 Å². The molecule has 38 heavy (non-hydrogen) atoms. The summed E-state index contributed by atoms with van der Waals surface area (Å²) < 4.78 is 5.40. The third-order valence-electron chi connectivity index (χ3n) is 5.48. The highest BCUT2D eigenvalue weighted by Gasteiger charge is 2.16. The van der Waals surface area contributed by atoms with Crippen molar-refractivity contribution in [2.45, 2.75) is 12.5 Å². The molecule has 4 rings (SSSR count). The maximum Gasteiger partial charge on any atom is 0.155 e. The molecule has 0 amide bonds. The quantitative estimate of drug-likeness (QED) is 0.112. The van der Waals surface area contributed by atoms with Crippen molar-refractivity contribution in [3.63, 3.8) is 0 Å². The number of aromatic nitrogens is 3. The largest absolute Gasteiger partial charge is 0.497 e. The van der Waals surface area contributed by atoms with Gasteiger partial charge in [0.15, 0.2) is 5.82 Å². The molecular weight excluding hydrogens is 545 g/mol. The fraction of sp³-hybridized carbons (Fsp3) is 0.185. The first-order chi connectivity index (χ1) is 17.1. The Hall–Kier alpha value is -3.43. The molecule has 1 unspecified atom stereocenters. The summed E-state index contributed by atoms with van der Waals surface area (Å²) in [6, 6.07) is 21.2. The number of benzene rings is 2. The Morgan fingerprint density at radius 2 is 1.76 bits per heavy atom. The fourth-order valence-corrected chi connectivity index (χ4v) is 3.60. The average Bonchev–Trinajstić information content (AvgIpc) is 2.90. The summed E-state index contributed by atoms with van der Waals surface area (Å²) in [7, 11) is 1.62. The number of nitrogens with one attached hydrogen (secondary N) is 3. The van der Waals surface area contributed by atoms with Gasteiger partial charge in [0.2, 0.25) is 0 Å². The molecule has 1 atom stereocenters. The zero-order valence-electron chi connectivity index (χ0n) is 20.8. The van der Waals surface area contributed by atoms with Gasteiger partial charge in [0, 0.05) is 18.1 Å². The first kappa shape index (κ1) is 32.6. The molecule has 0 aliphatic heterocycles. The number of rotatable bonds is 11. The Kier molecular flexibility index (Phi) is 14.1. The molecule has 2 aromatic heterocycles. The Morgan fingerprint density at radius 1 is 1.00 bits per heavy atom. The van der Waals surface area contributed by atoms with Crippen LogP contribution in [0.2, 0.25) is 0 Å². The minimum absolute atomic E-state index is 0. The van der Waals surface area contributed by atoms with Crippen LogP contribution in [0.4, 0.5) is 5.82 Å². The lowest BCUT2D eigenvalue weighted by Crippen LogP contribution is -2.43. The summed E-state index contributed by atoms with van der Waals surface area (Å²) in [6.45, 7) is 1.25. The van der Waals surface area contributed by atoms with E-state index in [9.17, 15) is 0 Å². The van der Waals surface area contributed by atoms with Gasteiger partial charge in [0.05, 0.1) is 24.4 Å². The number of amidine groups is 1. The van der Waals surface area contributed by atoms with Crippen LogP contribution in [-0.2, 0) is 6.42 Å². The molecule has 0 saturated heterocycles. The smallest absolute Gasteiger partial charge is 0.155 e. The zero-order valence-corrected chi connectivity index (χ0v) is 23.3. The van der Waals surface area contributed by atoms with Crippen molar-refractivity contribution in [3.8, 4) is 5.75 Å². The van der Waals surface area contributed by atoms with E-state index >= 15 is 0 Å². The van der Waals surface area contributed by atoms with Crippen molar-refractivity contribution in [1.29, 1.82) is 5.41 Å². The van der Waals surface area contributed by atoms with Crippen LogP contribution in [0.15, 0.2) is 72.9 Å². The summed E-state index contributed by atoms with van der Waals surface area (Å²) in [5, 5.41) is 15.6. The van der Waals surface area contributed by atoms with Crippen LogP contribution >= 0.6 is 37.2 Å². The minimum atomic E-state index is -0.442. The van der Waals surface area contributed by atoms with Crippen molar-refractivity contribution in [2.75, 3.05) is 25.5 Å². The standard InChI is InChI=1S/C27H29N7O.3ClH/c1-35-21-11-12-23-22(17-21)27(34-25(32-23)13-10-20-9-5-6-15-31-20)33-24(26(28)29)18-30-16-14-19-7-3-2-4-8-19;;;/h2-13,15,17,24,30H,14,16,18H2,1H3,(H3,28,29)(H,32,33,34);3*1H. The van der Waals surface area contributed by atoms with Gasteiger partial charge in [-0.15, -0.1) is 37.2 Å². The number of hydrogen-bond acceptors (Lipinski definition) is 7. The molecule has 5 N–H and O–H groups in total. The molecule has 8 nitrogen and oxygen atoms in total. The lowest BCUT2D eigenvalue weighted by Gasteiger charge is -2.20. The number of pyridine rings is 1. The maximum absolute atomic E-state index is 8.12. The Morgan fingerprint density at radius 3 is 2.45 bits per heavy atom. The molecule has 4 aromatic rings. The summed E-state index contributed by atoms with van der Waals surface area (Å²) >= 11 is 0. The predicted molar refractivity (Wildman–Crippen MR) is 163 cm³/mol. The third kappa shape index (κ3) is 9.15. The van der Waals surface area contributed by atoms with Gasteiger partial charge < -0.3 is 21.1 Å². The number of anilines is 1. The molecule has 0 spiro atoms. The number of hydrogen-bond donors (Lipinski definition) is 4. The Balaban J connectivity index is 0.00000241. The third-order valence-corrected chi connectivity index (χ3v) is 5.48. The van der Waals surface area contributed by atoms with Crippen LogP contribution in [0.1, 0.15) is 17.1 Å². The molecule has 0 bridgehead atoms. The van der Waals surface area contributed by atoms with Crippen molar-refractivity contribution in [2.24, 2.45) is 5.73 Å². The van der Waals surface area contributed by atoms with E-state index in [-0.39, 0.29) is 43.1 Å². The highest BCUT2D eigenvalue weighted by atomic mass is 35.5. The van der Waals surface area contributed by atoms with Crippen molar-refractivity contribution < 1.29 is 4.74 Å². The molecule has 2 aromatic carbocycles.